The Balaban J connectivity index is 1.51. The Labute approximate surface area is 162 Å². The van der Waals surface area contributed by atoms with Crippen LogP contribution in [-0.4, -0.2) is 28.5 Å². The maximum absolute atomic E-state index is 12.0. The number of ketones is 1. The van der Waals surface area contributed by atoms with Crippen molar-refractivity contribution in [2.45, 2.75) is 13.8 Å². The average molecular weight is 376 g/mol. The number of benzene rings is 2. The summed E-state index contributed by atoms with van der Waals surface area (Å²) in [7, 11) is 0. The summed E-state index contributed by atoms with van der Waals surface area (Å²) in [6.07, 6.45) is 0. The lowest BCUT2D eigenvalue weighted by Gasteiger charge is -2.08. The van der Waals surface area contributed by atoms with Crippen LogP contribution in [0.2, 0.25) is 0 Å². The van der Waals surface area contributed by atoms with Crippen LogP contribution in [0, 0.1) is 6.92 Å². The number of aromatic nitrogens is 2. The van der Waals surface area contributed by atoms with E-state index in [9.17, 15) is 9.59 Å². The van der Waals surface area contributed by atoms with E-state index >= 15 is 0 Å². The van der Waals surface area contributed by atoms with E-state index in [-0.39, 0.29) is 18.3 Å². The first-order valence-electron chi connectivity index (χ1n) is 8.71. The van der Waals surface area contributed by atoms with Crippen LogP contribution in [0.25, 0.3) is 0 Å². The van der Waals surface area contributed by atoms with Crippen LogP contribution in [-0.2, 0) is 4.79 Å². The van der Waals surface area contributed by atoms with Gasteiger partial charge in [-0.05, 0) is 62.4 Å². The van der Waals surface area contributed by atoms with Crippen molar-refractivity contribution < 1.29 is 14.3 Å². The number of hydrogen-bond acceptors (Lipinski definition) is 6. The normalized spacial score (nSPS) is 10.2. The van der Waals surface area contributed by atoms with Gasteiger partial charge in [0.2, 0.25) is 0 Å². The molecule has 0 fully saturated rings. The Hall–Kier alpha value is -3.74. The van der Waals surface area contributed by atoms with E-state index in [2.05, 4.69) is 20.8 Å². The van der Waals surface area contributed by atoms with E-state index in [1.807, 2.05) is 31.2 Å². The summed E-state index contributed by atoms with van der Waals surface area (Å²) in [5.41, 5.74) is 2.54. The van der Waals surface area contributed by atoms with Crippen molar-refractivity contribution in [1.29, 1.82) is 0 Å². The summed E-state index contributed by atoms with van der Waals surface area (Å²) in [6, 6.07) is 17.8. The predicted octanol–water partition coefficient (Wildman–Crippen LogP) is 3.75. The highest BCUT2D eigenvalue weighted by molar-refractivity contribution is 5.94. The molecule has 0 aliphatic rings. The fourth-order valence-electron chi connectivity index (χ4n) is 2.36. The average Bonchev–Trinajstić information content (AvgIpc) is 2.69. The van der Waals surface area contributed by atoms with Crippen molar-refractivity contribution in [1.82, 2.24) is 10.2 Å². The van der Waals surface area contributed by atoms with Crippen molar-refractivity contribution in [2.24, 2.45) is 0 Å². The Morgan fingerprint density at radius 3 is 2.14 bits per heavy atom. The minimum atomic E-state index is -0.324. The number of amides is 1. The van der Waals surface area contributed by atoms with Gasteiger partial charge in [0.25, 0.3) is 5.91 Å². The summed E-state index contributed by atoms with van der Waals surface area (Å²) < 4.78 is 5.43. The van der Waals surface area contributed by atoms with Crippen LogP contribution < -0.4 is 15.4 Å². The fraction of sp³-hybridized carbons (Fsp3) is 0.143. The van der Waals surface area contributed by atoms with E-state index in [0.29, 0.717) is 22.9 Å². The van der Waals surface area contributed by atoms with Crippen molar-refractivity contribution in [3.05, 3.63) is 71.8 Å². The van der Waals surface area contributed by atoms with Gasteiger partial charge in [0.05, 0.1) is 0 Å². The Morgan fingerprint density at radius 1 is 0.893 bits per heavy atom. The first-order chi connectivity index (χ1) is 13.5. The second-order valence-corrected chi connectivity index (χ2v) is 6.21. The molecule has 142 valence electrons. The summed E-state index contributed by atoms with van der Waals surface area (Å²) in [5.74, 6) is 1.16. The summed E-state index contributed by atoms with van der Waals surface area (Å²) in [6.45, 7) is 3.38. The third-order valence-corrected chi connectivity index (χ3v) is 3.89. The SMILES string of the molecule is CC(=O)c1ccc(Nc2ccc(NC(=O)COc3ccc(C)cc3)nn2)cc1. The zero-order valence-corrected chi connectivity index (χ0v) is 15.6. The van der Waals surface area contributed by atoms with Gasteiger partial charge in [-0.1, -0.05) is 17.7 Å². The molecule has 0 radical (unpaired) electrons. The van der Waals surface area contributed by atoms with E-state index in [0.717, 1.165) is 11.3 Å². The highest BCUT2D eigenvalue weighted by Crippen LogP contribution is 2.16. The second kappa shape index (κ2) is 8.77. The lowest BCUT2D eigenvalue weighted by atomic mass is 10.1. The summed E-state index contributed by atoms with van der Waals surface area (Å²) >= 11 is 0. The highest BCUT2D eigenvalue weighted by atomic mass is 16.5. The largest absolute Gasteiger partial charge is 0.484 e. The van der Waals surface area contributed by atoms with E-state index in [1.165, 1.54) is 6.92 Å². The lowest BCUT2D eigenvalue weighted by molar-refractivity contribution is -0.118. The monoisotopic (exact) mass is 376 g/mol. The van der Waals surface area contributed by atoms with Crippen molar-refractivity contribution in [3.63, 3.8) is 0 Å². The number of anilines is 3. The van der Waals surface area contributed by atoms with Gasteiger partial charge in [-0.15, -0.1) is 10.2 Å². The van der Waals surface area contributed by atoms with E-state index in [1.54, 1.807) is 36.4 Å². The number of hydrogen-bond donors (Lipinski definition) is 2. The Kier molecular flexibility index (Phi) is 5.96. The Morgan fingerprint density at radius 2 is 1.54 bits per heavy atom. The maximum Gasteiger partial charge on any atom is 0.263 e. The van der Waals surface area contributed by atoms with Crippen molar-refractivity contribution in [2.75, 3.05) is 17.2 Å². The molecule has 2 aromatic carbocycles. The number of rotatable bonds is 7. The van der Waals surface area contributed by atoms with Gasteiger partial charge >= 0.3 is 0 Å². The minimum absolute atomic E-state index is 0.0118. The van der Waals surface area contributed by atoms with Crippen LogP contribution in [0.5, 0.6) is 5.75 Å². The number of aryl methyl sites for hydroxylation is 1. The smallest absolute Gasteiger partial charge is 0.263 e. The predicted molar refractivity (Wildman–Crippen MR) is 107 cm³/mol. The molecule has 3 aromatic rings. The lowest BCUT2D eigenvalue weighted by Crippen LogP contribution is -2.21. The van der Waals surface area contributed by atoms with Crippen LogP contribution in [0.3, 0.4) is 0 Å². The summed E-state index contributed by atoms with van der Waals surface area (Å²) in [4.78, 5) is 23.3. The molecule has 3 rings (SSSR count). The molecule has 1 heterocycles. The molecule has 2 N–H and O–H groups in total. The number of nitrogens with zero attached hydrogens (tertiary/aromatic N) is 2. The number of carbonyl (C=O) groups is 2. The minimum Gasteiger partial charge on any atom is -0.484 e. The van der Waals surface area contributed by atoms with Crippen LogP contribution in [0.4, 0.5) is 17.3 Å². The van der Waals surface area contributed by atoms with Crippen molar-refractivity contribution in [3.8, 4) is 5.75 Å². The molecular formula is C21H20N4O3. The Bertz CT molecular complexity index is 952. The highest BCUT2D eigenvalue weighted by Gasteiger charge is 2.06. The number of Topliss-reactive ketones (excluding diaryl/α,β-unsaturated/α-hetero) is 1. The van der Waals surface area contributed by atoms with Gasteiger partial charge in [-0.2, -0.15) is 0 Å². The van der Waals surface area contributed by atoms with E-state index < -0.39 is 0 Å². The molecule has 0 aliphatic carbocycles. The molecule has 0 saturated heterocycles. The molecule has 0 atom stereocenters. The number of carbonyl (C=O) groups excluding carboxylic acids is 2. The fourth-order valence-corrected chi connectivity index (χ4v) is 2.36. The van der Waals surface area contributed by atoms with Gasteiger partial charge in [0.1, 0.15) is 5.75 Å². The number of ether oxygens (including phenoxy) is 1. The number of nitrogens with one attached hydrogen (secondary N) is 2. The molecule has 0 unspecified atom stereocenters. The molecule has 0 bridgehead atoms. The summed E-state index contributed by atoms with van der Waals surface area (Å²) in [5, 5.41) is 13.7. The van der Waals surface area contributed by atoms with Crippen LogP contribution in [0.15, 0.2) is 60.7 Å². The molecular weight excluding hydrogens is 356 g/mol. The van der Waals surface area contributed by atoms with Crippen LogP contribution >= 0.6 is 0 Å². The molecule has 1 amide bonds. The second-order valence-electron chi connectivity index (χ2n) is 6.21. The first kappa shape index (κ1) is 19.0. The van der Waals surface area contributed by atoms with Crippen molar-refractivity contribution >= 4 is 29.0 Å². The van der Waals surface area contributed by atoms with Gasteiger partial charge in [0, 0.05) is 11.3 Å². The first-order valence-corrected chi connectivity index (χ1v) is 8.71. The van der Waals surface area contributed by atoms with Gasteiger partial charge < -0.3 is 15.4 Å². The molecule has 7 nitrogen and oxygen atoms in total. The van der Waals surface area contributed by atoms with Gasteiger partial charge in [-0.3, -0.25) is 9.59 Å². The van der Waals surface area contributed by atoms with E-state index in [4.69, 9.17) is 4.74 Å². The molecule has 0 spiro atoms. The zero-order chi connectivity index (χ0) is 19.9. The third kappa shape index (κ3) is 5.38. The quantitative estimate of drug-likeness (QED) is 0.610. The standard InChI is InChI=1S/C21H20N4O3/c1-14-3-9-18(10-4-14)28-13-21(27)23-20-12-11-19(24-25-20)22-17-7-5-16(6-8-17)15(2)26/h3-12H,13H2,1-2H3,(H,22,24)(H,23,25,27). The van der Waals surface area contributed by atoms with Gasteiger partial charge in [0.15, 0.2) is 24.0 Å². The third-order valence-electron chi connectivity index (χ3n) is 3.89. The molecule has 28 heavy (non-hydrogen) atoms. The van der Waals surface area contributed by atoms with Crippen LogP contribution in [0.1, 0.15) is 22.8 Å². The zero-order valence-electron chi connectivity index (χ0n) is 15.6. The molecule has 1 aromatic heterocycles. The molecule has 0 saturated carbocycles. The molecule has 0 aliphatic heterocycles. The molecule has 7 heteroatoms. The van der Waals surface area contributed by atoms with Gasteiger partial charge in [-0.25, -0.2) is 0 Å². The maximum atomic E-state index is 12.0. The topological polar surface area (TPSA) is 93.2 Å².